The Morgan fingerprint density at radius 1 is 1.42 bits per heavy atom. The Morgan fingerprint density at radius 2 is 2.11 bits per heavy atom. The molecule has 0 fully saturated rings. The molecule has 2 amide bonds. The van der Waals surface area contributed by atoms with E-state index in [0.717, 1.165) is 0 Å². The van der Waals surface area contributed by atoms with Crippen molar-refractivity contribution in [3.63, 3.8) is 0 Å². The molecule has 1 unspecified atom stereocenters. The maximum atomic E-state index is 11.4. The van der Waals surface area contributed by atoms with Crippen molar-refractivity contribution in [3.05, 3.63) is 29.3 Å². The summed E-state index contributed by atoms with van der Waals surface area (Å²) in [6.45, 7) is -0.0670. The lowest BCUT2D eigenvalue weighted by atomic mass is 10.3. The molecule has 0 saturated carbocycles. The third-order valence-electron chi connectivity index (χ3n) is 2.24. The molecule has 0 aliphatic rings. The summed E-state index contributed by atoms with van der Waals surface area (Å²) < 4.78 is 5.31. The van der Waals surface area contributed by atoms with Crippen molar-refractivity contribution >= 4 is 23.4 Å². The van der Waals surface area contributed by atoms with Gasteiger partial charge in [0.15, 0.2) is 0 Å². The molecule has 1 aromatic carbocycles. The molecule has 1 atom stereocenters. The van der Waals surface area contributed by atoms with E-state index in [1.165, 1.54) is 0 Å². The van der Waals surface area contributed by atoms with E-state index in [0.29, 0.717) is 10.8 Å². The van der Waals surface area contributed by atoms with Crippen molar-refractivity contribution in [3.8, 4) is 5.75 Å². The van der Waals surface area contributed by atoms with Gasteiger partial charge in [0.1, 0.15) is 11.9 Å². The van der Waals surface area contributed by atoms with Crippen LogP contribution in [0.1, 0.15) is 6.42 Å². The third-order valence-corrected chi connectivity index (χ3v) is 2.56. The smallest absolute Gasteiger partial charge is 0.248 e. The van der Waals surface area contributed by atoms with Gasteiger partial charge in [-0.15, -0.1) is 0 Å². The van der Waals surface area contributed by atoms with Crippen molar-refractivity contribution in [2.75, 3.05) is 13.2 Å². The minimum Gasteiger partial charge on any atom is -0.491 e. The number of rotatable bonds is 7. The van der Waals surface area contributed by atoms with Crippen LogP contribution in [-0.4, -0.2) is 36.2 Å². The second-order valence-corrected chi connectivity index (χ2v) is 4.16. The number of amides is 2. The number of benzene rings is 1. The van der Waals surface area contributed by atoms with Gasteiger partial charge >= 0.3 is 0 Å². The first-order valence-electron chi connectivity index (χ1n) is 5.62. The van der Waals surface area contributed by atoms with Gasteiger partial charge in [0.05, 0.1) is 24.6 Å². The number of para-hydroxylation sites is 1. The highest BCUT2D eigenvalue weighted by Gasteiger charge is 2.12. The minimum atomic E-state index is -1.38. The van der Waals surface area contributed by atoms with Crippen LogP contribution in [0.25, 0.3) is 0 Å². The fourth-order valence-corrected chi connectivity index (χ4v) is 1.41. The molecule has 1 rings (SSSR count). The molecule has 0 saturated heterocycles. The number of primary amides is 1. The molecular weight excluding hydrogens is 272 g/mol. The zero-order valence-electron chi connectivity index (χ0n) is 10.1. The Labute approximate surface area is 115 Å². The average molecular weight is 287 g/mol. The Bertz CT molecular complexity index is 453. The number of carbonyl (C=O) groups excluding carboxylic acids is 2. The highest BCUT2D eigenvalue weighted by Crippen LogP contribution is 2.22. The molecule has 6 nitrogen and oxygen atoms in total. The number of carbonyl (C=O) groups is 2. The number of hydrogen-bond acceptors (Lipinski definition) is 4. The van der Waals surface area contributed by atoms with Crippen LogP contribution in [0, 0.1) is 0 Å². The zero-order valence-corrected chi connectivity index (χ0v) is 10.9. The van der Waals surface area contributed by atoms with E-state index < -0.39 is 12.0 Å². The number of halogens is 1. The number of nitrogens with one attached hydrogen (secondary N) is 1. The topological polar surface area (TPSA) is 102 Å². The van der Waals surface area contributed by atoms with Crippen LogP contribution in [0.2, 0.25) is 5.02 Å². The van der Waals surface area contributed by atoms with Gasteiger partial charge in [-0.1, -0.05) is 23.7 Å². The summed E-state index contributed by atoms with van der Waals surface area (Å²) in [6.07, 6.45) is -1.30. The molecule has 0 aliphatic carbocycles. The van der Waals surface area contributed by atoms with Gasteiger partial charge in [0.25, 0.3) is 0 Å². The molecule has 0 radical (unpaired) electrons. The van der Waals surface area contributed by atoms with Crippen LogP contribution in [0.15, 0.2) is 24.3 Å². The summed E-state index contributed by atoms with van der Waals surface area (Å²) >= 11 is 5.87. The number of ether oxygens (including phenoxy) is 1. The first-order valence-corrected chi connectivity index (χ1v) is 6.00. The first kappa shape index (κ1) is 15.3. The summed E-state index contributed by atoms with van der Waals surface area (Å²) in [5.74, 6) is -0.742. The Kier molecular flexibility index (Phi) is 6.11. The maximum absolute atomic E-state index is 11.4. The van der Waals surface area contributed by atoms with Gasteiger partial charge in [-0.05, 0) is 12.1 Å². The molecule has 4 N–H and O–H groups in total. The van der Waals surface area contributed by atoms with Crippen LogP contribution < -0.4 is 15.8 Å². The third kappa shape index (κ3) is 5.58. The summed E-state index contributed by atoms with van der Waals surface area (Å²) in [5, 5.41) is 11.9. The van der Waals surface area contributed by atoms with Crippen molar-refractivity contribution in [2.24, 2.45) is 5.73 Å². The zero-order chi connectivity index (χ0) is 14.3. The van der Waals surface area contributed by atoms with Crippen molar-refractivity contribution in [1.82, 2.24) is 5.32 Å². The SMILES string of the molecule is NC(=O)C(O)CNC(=O)CCOc1ccccc1Cl. The van der Waals surface area contributed by atoms with Crippen LogP contribution in [-0.2, 0) is 9.59 Å². The van der Waals surface area contributed by atoms with Gasteiger partial charge in [0.2, 0.25) is 11.8 Å². The van der Waals surface area contributed by atoms with E-state index >= 15 is 0 Å². The maximum Gasteiger partial charge on any atom is 0.248 e. The lowest BCUT2D eigenvalue weighted by Crippen LogP contribution is -2.40. The molecule has 0 heterocycles. The van der Waals surface area contributed by atoms with E-state index in [1.54, 1.807) is 24.3 Å². The predicted molar refractivity (Wildman–Crippen MR) is 69.8 cm³/mol. The van der Waals surface area contributed by atoms with Crippen molar-refractivity contribution in [1.29, 1.82) is 0 Å². The summed E-state index contributed by atoms with van der Waals surface area (Å²) in [7, 11) is 0. The van der Waals surface area contributed by atoms with Crippen molar-refractivity contribution in [2.45, 2.75) is 12.5 Å². The molecular formula is C12H15ClN2O4. The van der Waals surface area contributed by atoms with E-state index in [1.807, 2.05) is 0 Å². The van der Waals surface area contributed by atoms with E-state index in [2.05, 4.69) is 5.32 Å². The summed E-state index contributed by atoms with van der Waals surface area (Å²) in [4.78, 5) is 21.9. The normalized spacial score (nSPS) is 11.7. The molecule has 0 aliphatic heterocycles. The quantitative estimate of drug-likeness (QED) is 0.660. The molecule has 19 heavy (non-hydrogen) atoms. The van der Waals surface area contributed by atoms with Gasteiger partial charge in [-0.2, -0.15) is 0 Å². The number of hydrogen-bond donors (Lipinski definition) is 3. The highest BCUT2D eigenvalue weighted by molar-refractivity contribution is 6.32. The fraction of sp³-hybridized carbons (Fsp3) is 0.333. The van der Waals surface area contributed by atoms with Crippen LogP contribution in [0.4, 0.5) is 0 Å². The van der Waals surface area contributed by atoms with Gasteiger partial charge in [0, 0.05) is 0 Å². The van der Waals surface area contributed by atoms with Gasteiger partial charge < -0.3 is 20.9 Å². The Hall–Kier alpha value is -1.79. The monoisotopic (exact) mass is 286 g/mol. The fourth-order valence-electron chi connectivity index (χ4n) is 1.21. The lowest BCUT2D eigenvalue weighted by Gasteiger charge is -2.10. The Balaban J connectivity index is 2.24. The molecule has 1 aromatic rings. The lowest BCUT2D eigenvalue weighted by molar-refractivity contribution is -0.127. The molecule has 104 valence electrons. The number of nitrogens with two attached hydrogens (primary N) is 1. The summed E-state index contributed by atoms with van der Waals surface area (Å²) in [5.41, 5.74) is 4.84. The predicted octanol–water partition coefficient (Wildman–Crippen LogP) is 0.0713. The van der Waals surface area contributed by atoms with E-state index in [9.17, 15) is 9.59 Å². The molecule has 7 heteroatoms. The van der Waals surface area contributed by atoms with Gasteiger partial charge in [-0.25, -0.2) is 0 Å². The standard InChI is InChI=1S/C12H15ClN2O4/c13-8-3-1-2-4-10(8)19-6-5-11(17)15-7-9(16)12(14)18/h1-4,9,16H,5-7H2,(H2,14,18)(H,15,17). The van der Waals surface area contributed by atoms with Crippen LogP contribution in [0.3, 0.4) is 0 Å². The molecule has 0 bridgehead atoms. The average Bonchev–Trinajstić information content (AvgIpc) is 2.38. The molecule has 0 spiro atoms. The van der Waals surface area contributed by atoms with Crippen LogP contribution >= 0.6 is 11.6 Å². The highest BCUT2D eigenvalue weighted by atomic mass is 35.5. The number of aliphatic hydroxyl groups is 1. The largest absolute Gasteiger partial charge is 0.491 e. The first-order chi connectivity index (χ1) is 9.00. The van der Waals surface area contributed by atoms with Crippen LogP contribution in [0.5, 0.6) is 5.75 Å². The Morgan fingerprint density at radius 3 is 2.74 bits per heavy atom. The van der Waals surface area contributed by atoms with E-state index in [-0.39, 0.29) is 25.5 Å². The summed E-state index contributed by atoms with van der Waals surface area (Å²) in [6, 6.07) is 6.91. The van der Waals surface area contributed by atoms with Crippen molar-refractivity contribution < 1.29 is 19.4 Å². The number of aliphatic hydroxyl groups excluding tert-OH is 1. The van der Waals surface area contributed by atoms with E-state index in [4.69, 9.17) is 27.2 Å². The molecule has 0 aromatic heterocycles. The van der Waals surface area contributed by atoms with Gasteiger partial charge in [-0.3, -0.25) is 9.59 Å². The second kappa shape index (κ2) is 7.60. The minimum absolute atomic E-state index is 0.0801. The second-order valence-electron chi connectivity index (χ2n) is 3.75.